The minimum Gasteiger partial charge on any atom is -0.387 e. The number of hydrogen-bond acceptors (Lipinski definition) is 5. The lowest BCUT2D eigenvalue weighted by Crippen LogP contribution is -2.43. The molecule has 0 aromatic heterocycles. The summed E-state index contributed by atoms with van der Waals surface area (Å²) >= 11 is 0. The average Bonchev–Trinajstić information content (AvgIpc) is 2.34. The third-order valence-corrected chi connectivity index (χ3v) is 3.53. The molecule has 0 atom stereocenters. The van der Waals surface area contributed by atoms with Crippen molar-refractivity contribution in [1.29, 1.82) is 0 Å². The Morgan fingerprint density at radius 3 is 2.69 bits per heavy atom. The van der Waals surface area contributed by atoms with E-state index in [1.165, 1.54) is 33.2 Å². The summed E-state index contributed by atoms with van der Waals surface area (Å²) in [6.07, 6.45) is 3.37. The molecule has 1 aliphatic rings. The van der Waals surface area contributed by atoms with Gasteiger partial charge in [-0.2, -0.15) is 0 Å². The standard InChI is InChI=1S/C10H23N2O3Si/c1-14-16(13)15-10-4-2-3-7-12-8-5-11-6-9-12/h11,13H,2-10H2,1H3. The quantitative estimate of drug-likeness (QED) is 0.456. The van der Waals surface area contributed by atoms with Crippen LogP contribution in [-0.2, 0) is 8.85 Å². The molecule has 1 rings (SSSR count). The predicted octanol–water partition coefficient (Wildman–Crippen LogP) is -0.298. The van der Waals surface area contributed by atoms with E-state index in [1.807, 2.05) is 0 Å². The van der Waals surface area contributed by atoms with E-state index in [-0.39, 0.29) is 0 Å². The number of rotatable bonds is 8. The molecule has 1 fully saturated rings. The molecule has 0 amide bonds. The highest BCUT2D eigenvalue weighted by atomic mass is 28.3. The second kappa shape index (κ2) is 9.09. The first-order chi connectivity index (χ1) is 7.83. The second-order valence-corrected chi connectivity index (χ2v) is 5.20. The molecule has 1 heterocycles. The molecule has 0 saturated carbocycles. The molecule has 6 heteroatoms. The molecule has 0 unspecified atom stereocenters. The number of unbranched alkanes of at least 4 members (excludes halogenated alkanes) is 2. The molecule has 95 valence electrons. The van der Waals surface area contributed by atoms with Crippen LogP contribution in [0, 0.1) is 0 Å². The van der Waals surface area contributed by atoms with Gasteiger partial charge in [-0.15, -0.1) is 0 Å². The Labute approximate surface area is 99.7 Å². The lowest BCUT2D eigenvalue weighted by molar-refractivity contribution is 0.155. The van der Waals surface area contributed by atoms with Crippen molar-refractivity contribution in [2.24, 2.45) is 0 Å². The normalized spacial score (nSPS) is 18.2. The Bertz CT molecular complexity index is 168. The van der Waals surface area contributed by atoms with Crippen molar-refractivity contribution in [3.8, 4) is 0 Å². The van der Waals surface area contributed by atoms with Crippen LogP contribution >= 0.6 is 0 Å². The largest absolute Gasteiger partial charge is 0.574 e. The average molecular weight is 247 g/mol. The molecule has 0 aliphatic carbocycles. The first-order valence-electron chi connectivity index (χ1n) is 5.98. The highest BCUT2D eigenvalue weighted by molar-refractivity contribution is 6.34. The van der Waals surface area contributed by atoms with Gasteiger partial charge in [-0.1, -0.05) is 0 Å². The van der Waals surface area contributed by atoms with Gasteiger partial charge in [0, 0.05) is 39.9 Å². The highest BCUT2D eigenvalue weighted by Gasteiger charge is 2.10. The molecule has 0 aromatic carbocycles. The van der Waals surface area contributed by atoms with Gasteiger partial charge in [0.25, 0.3) is 0 Å². The van der Waals surface area contributed by atoms with Gasteiger partial charge in [-0.25, -0.2) is 0 Å². The number of piperazine rings is 1. The van der Waals surface area contributed by atoms with Gasteiger partial charge in [0.05, 0.1) is 0 Å². The van der Waals surface area contributed by atoms with Gasteiger partial charge >= 0.3 is 9.53 Å². The molecular formula is C10H23N2O3Si. The van der Waals surface area contributed by atoms with Gasteiger partial charge in [0.1, 0.15) is 0 Å². The van der Waals surface area contributed by atoms with Crippen molar-refractivity contribution in [2.45, 2.75) is 19.3 Å². The lowest BCUT2D eigenvalue weighted by atomic mass is 10.2. The van der Waals surface area contributed by atoms with Gasteiger partial charge in [0.2, 0.25) is 0 Å². The van der Waals surface area contributed by atoms with Crippen LogP contribution in [0.3, 0.4) is 0 Å². The molecule has 5 nitrogen and oxygen atoms in total. The first-order valence-corrected chi connectivity index (χ1v) is 7.25. The SMILES string of the molecule is CO[Si](O)OCCCCCN1CCNCC1. The molecule has 0 aromatic rings. The van der Waals surface area contributed by atoms with Crippen LogP contribution in [0.15, 0.2) is 0 Å². The summed E-state index contributed by atoms with van der Waals surface area (Å²) in [7, 11) is -0.484. The van der Waals surface area contributed by atoms with Crippen molar-refractivity contribution in [3.63, 3.8) is 0 Å². The van der Waals surface area contributed by atoms with Gasteiger partial charge < -0.3 is 23.9 Å². The Balaban J connectivity index is 1.84. The summed E-state index contributed by atoms with van der Waals surface area (Å²) in [5.74, 6) is 0. The van der Waals surface area contributed by atoms with Gasteiger partial charge in [-0.05, 0) is 25.8 Å². The fraction of sp³-hybridized carbons (Fsp3) is 1.00. The molecule has 0 spiro atoms. The number of nitrogens with one attached hydrogen (secondary N) is 1. The summed E-state index contributed by atoms with van der Waals surface area (Å²) in [5, 5.41) is 3.34. The van der Waals surface area contributed by atoms with E-state index in [1.54, 1.807) is 0 Å². The van der Waals surface area contributed by atoms with E-state index in [4.69, 9.17) is 9.22 Å². The lowest BCUT2D eigenvalue weighted by Gasteiger charge is -2.26. The molecule has 0 bridgehead atoms. The van der Waals surface area contributed by atoms with Crippen LogP contribution in [0.2, 0.25) is 0 Å². The molecule has 1 saturated heterocycles. The first kappa shape index (κ1) is 14.1. The zero-order chi connectivity index (χ0) is 11.6. The molecule has 1 radical (unpaired) electrons. The third kappa shape index (κ3) is 6.57. The Morgan fingerprint density at radius 1 is 1.25 bits per heavy atom. The van der Waals surface area contributed by atoms with E-state index < -0.39 is 9.53 Å². The highest BCUT2D eigenvalue weighted by Crippen LogP contribution is 2.01. The van der Waals surface area contributed by atoms with Crippen molar-refractivity contribution in [3.05, 3.63) is 0 Å². The minimum absolute atomic E-state index is 0.611. The number of hydrogen-bond donors (Lipinski definition) is 2. The number of nitrogens with zero attached hydrogens (tertiary/aromatic N) is 1. The summed E-state index contributed by atoms with van der Waals surface area (Å²) in [6.45, 7) is 6.37. The van der Waals surface area contributed by atoms with E-state index in [0.717, 1.165) is 25.9 Å². The van der Waals surface area contributed by atoms with Crippen LogP contribution in [0.4, 0.5) is 0 Å². The van der Waals surface area contributed by atoms with Crippen LogP contribution in [0.5, 0.6) is 0 Å². The van der Waals surface area contributed by atoms with E-state index in [9.17, 15) is 0 Å². The maximum Gasteiger partial charge on any atom is 0.574 e. The monoisotopic (exact) mass is 247 g/mol. The van der Waals surface area contributed by atoms with Crippen molar-refractivity contribution >= 4 is 9.53 Å². The summed E-state index contributed by atoms with van der Waals surface area (Å²) in [5.41, 5.74) is 0. The van der Waals surface area contributed by atoms with E-state index in [0.29, 0.717) is 6.61 Å². The van der Waals surface area contributed by atoms with Crippen molar-refractivity contribution in [2.75, 3.05) is 46.4 Å². The van der Waals surface area contributed by atoms with E-state index in [2.05, 4.69) is 14.6 Å². The van der Waals surface area contributed by atoms with E-state index >= 15 is 0 Å². The molecule has 2 N–H and O–H groups in total. The van der Waals surface area contributed by atoms with Crippen molar-refractivity contribution < 1.29 is 13.6 Å². The third-order valence-electron chi connectivity index (χ3n) is 2.73. The molecular weight excluding hydrogens is 224 g/mol. The van der Waals surface area contributed by atoms with Crippen LogP contribution in [-0.4, -0.2) is 65.7 Å². The minimum atomic E-state index is -1.95. The van der Waals surface area contributed by atoms with Crippen molar-refractivity contribution in [1.82, 2.24) is 10.2 Å². The zero-order valence-corrected chi connectivity index (χ0v) is 11.1. The summed E-state index contributed by atoms with van der Waals surface area (Å²) in [4.78, 5) is 11.6. The fourth-order valence-electron chi connectivity index (χ4n) is 1.77. The Kier molecular flexibility index (Phi) is 8.00. The maximum absolute atomic E-state index is 9.06. The maximum atomic E-state index is 9.06. The second-order valence-electron chi connectivity index (χ2n) is 3.97. The summed E-state index contributed by atoms with van der Waals surface area (Å²) in [6, 6.07) is 0. The predicted molar refractivity (Wildman–Crippen MR) is 64.1 cm³/mol. The topological polar surface area (TPSA) is 54.0 Å². The summed E-state index contributed by atoms with van der Waals surface area (Å²) < 4.78 is 9.77. The van der Waals surface area contributed by atoms with Crippen LogP contribution in [0.25, 0.3) is 0 Å². The molecule has 16 heavy (non-hydrogen) atoms. The van der Waals surface area contributed by atoms with Crippen LogP contribution in [0.1, 0.15) is 19.3 Å². The Morgan fingerprint density at radius 2 is 2.00 bits per heavy atom. The smallest absolute Gasteiger partial charge is 0.387 e. The fourth-order valence-corrected chi connectivity index (χ4v) is 2.20. The zero-order valence-electron chi connectivity index (χ0n) is 10.1. The Hall–Kier alpha value is 0.0169. The van der Waals surface area contributed by atoms with Gasteiger partial charge in [-0.3, -0.25) is 0 Å². The van der Waals surface area contributed by atoms with Crippen LogP contribution < -0.4 is 5.32 Å². The van der Waals surface area contributed by atoms with Gasteiger partial charge in [0.15, 0.2) is 0 Å². The molecule has 1 aliphatic heterocycles.